The molecule has 0 aliphatic carbocycles. The van der Waals surface area contributed by atoms with Crippen LogP contribution in [-0.4, -0.2) is 11.0 Å². The summed E-state index contributed by atoms with van der Waals surface area (Å²) in [7, 11) is 0. The van der Waals surface area contributed by atoms with Crippen LogP contribution in [0.1, 0.15) is 5.56 Å². The molecule has 0 saturated heterocycles. The monoisotopic (exact) mass is 368 g/mol. The van der Waals surface area contributed by atoms with Crippen molar-refractivity contribution in [3.05, 3.63) is 102 Å². The smallest absolute Gasteiger partial charge is 0.225 e. The number of carbonyl (C=O) groups is 1. The van der Waals surface area contributed by atoms with Gasteiger partial charge in [-0.3, -0.25) is 15.6 Å². The SMILES string of the molecule is O=CNNc1ccc(/N=c2\ccc3ccccc3n2Cc2ccccc2)cc1. The molecule has 0 radical (unpaired) electrons. The summed E-state index contributed by atoms with van der Waals surface area (Å²) < 4.78 is 2.23. The highest BCUT2D eigenvalue weighted by Gasteiger charge is 2.03. The van der Waals surface area contributed by atoms with Crippen molar-refractivity contribution >= 4 is 28.7 Å². The second kappa shape index (κ2) is 8.22. The summed E-state index contributed by atoms with van der Waals surface area (Å²) >= 11 is 0. The van der Waals surface area contributed by atoms with Crippen LogP contribution in [0.3, 0.4) is 0 Å². The lowest BCUT2D eigenvalue weighted by molar-refractivity contribution is -0.109. The van der Waals surface area contributed by atoms with Gasteiger partial charge in [0, 0.05) is 12.1 Å². The van der Waals surface area contributed by atoms with Crippen LogP contribution in [-0.2, 0) is 11.3 Å². The highest BCUT2D eigenvalue weighted by Crippen LogP contribution is 2.17. The van der Waals surface area contributed by atoms with Crippen LogP contribution >= 0.6 is 0 Å². The van der Waals surface area contributed by atoms with Crippen LogP contribution in [0.15, 0.2) is 96.0 Å². The molecule has 5 nitrogen and oxygen atoms in total. The lowest BCUT2D eigenvalue weighted by atomic mass is 10.2. The third-order valence-electron chi connectivity index (χ3n) is 4.49. The lowest BCUT2D eigenvalue weighted by Crippen LogP contribution is -2.21. The standard InChI is InChI=1S/C23H20N4O/c28-17-24-26-21-13-11-20(12-14-21)25-23-15-10-19-8-4-5-9-22(19)27(23)16-18-6-2-1-3-7-18/h1-15,17,26H,16H2,(H,24,28)/b25-23+. The molecule has 4 rings (SSSR count). The van der Waals surface area contributed by atoms with Crippen LogP contribution in [0.2, 0.25) is 0 Å². The molecule has 0 aliphatic heterocycles. The number of hydrogen-bond acceptors (Lipinski definition) is 3. The molecule has 138 valence electrons. The summed E-state index contributed by atoms with van der Waals surface area (Å²) in [5.74, 6) is 0. The van der Waals surface area contributed by atoms with Gasteiger partial charge in [-0.2, -0.15) is 0 Å². The van der Waals surface area contributed by atoms with E-state index in [1.165, 1.54) is 10.9 Å². The van der Waals surface area contributed by atoms with Gasteiger partial charge in [-0.1, -0.05) is 48.5 Å². The Hall–Kier alpha value is -3.86. The van der Waals surface area contributed by atoms with E-state index in [4.69, 9.17) is 4.99 Å². The molecule has 1 aromatic heterocycles. The van der Waals surface area contributed by atoms with Gasteiger partial charge in [-0.05, 0) is 53.4 Å². The number of hydrogen-bond donors (Lipinski definition) is 2. The minimum absolute atomic E-state index is 0.597. The Morgan fingerprint density at radius 3 is 2.36 bits per heavy atom. The molecule has 0 atom stereocenters. The van der Waals surface area contributed by atoms with E-state index in [9.17, 15) is 4.79 Å². The van der Waals surface area contributed by atoms with Gasteiger partial charge in [-0.25, -0.2) is 4.99 Å². The highest BCUT2D eigenvalue weighted by molar-refractivity contribution is 5.78. The van der Waals surface area contributed by atoms with Crippen LogP contribution in [0.4, 0.5) is 11.4 Å². The maximum atomic E-state index is 10.4. The number of aromatic nitrogens is 1. The molecule has 2 N–H and O–H groups in total. The maximum absolute atomic E-state index is 10.4. The van der Waals surface area contributed by atoms with E-state index >= 15 is 0 Å². The highest BCUT2D eigenvalue weighted by atomic mass is 16.1. The van der Waals surface area contributed by atoms with Crippen molar-refractivity contribution < 1.29 is 4.79 Å². The van der Waals surface area contributed by atoms with Crippen molar-refractivity contribution in [3.63, 3.8) is 0 Å². The first-order valence-electron chi connectivity index (χ1n) is 9.06. The zero-order valence-electron chi connectivity index (χ0n) is 15.2. The van der Waals surface area contributed by atoms with Gasteiger partial charge in [0.25, 0.3) is 0 Å². The Labute approximate surface area is 163 Å². The van der Waals surface area contributed by atoms with Crippen molar-refractivity contribution in [3.8, 4) is 0 Å². The predicted octanol–water partition coefficient (Wildman–Crippen LogP) is 3.99. The van der Waals surface area contributed by atoms with Crippen LogP contribution in [0.5, 0.6) is 0 Å². The molecule has 0 aliphatic rings. The van der Waals surface area contributed by atoms with E-state index in [1.54, 1.807) is 0 Å². The molecule has 0 fully saturated rings. The van der Waals surface area contributed by atoms with E-state index in [0.29, 0.717) is 6.41 Å². The topological polar surface area (TPSA) is 58.4 Å². The fraction of sp³-hybridized carbons (Fsp3) is 0.0435. The average molecular weight is 368 g/mol. The molecule has 1 heterocycles. The molecule has 0 bridgehead atoms. The lowest BCUT2D eigenvalue weighted by Gasteiger charge is -2.12. The Bertz CT molecular complexity index is 1150. The van der Waals surface area contributed by atoms with Crippen molar-refractivity contribution in [1.29, 1.82) is 0 Å². The Kier molecular flexibility index (Phi) is 5.15. The van der Waals surface area contributed by atoms with Gasteiger partial charge in [0.15, 0.2) is 0 Å². The first-order chi connectivity index (χ1) is 13.8. The molecule has 4 aromatic rings. The fourth-order valence-electron chi connectivity index (χ4n) is 3.15. The number of rotatable bonds is 6. The second-order valence-electron chi connectivity index (χ2n) is 6.37. The Morgan fingerprint density at radius 1 is 0.821 bits per heavy atom. The summed E-state index contributed by atoms with van der Waals surface area (Å²) in [6, 6.07) is 30.4. The number of para-hydroxylation sites is 1. The average Bonchev–Trinajstić information content (AvgIpc) is 2.75. The Balaban J connectivity index is 1.78. The normalized spacial score (nSPS) is 11.4. The molecule has 3 aromatic carbocycles. The van der Waals surface area contributed by atoms with Gasteiger partial charge < -0.3 is 4.57 Å². The van der Waals surface area contributed by atoms with Crippen molar-refractivity contribution in [2.24, 2.45) is 4.99 Å². The van der Waals surface area contributed by atoms with E-state index in [0.717, 1.165) is 28.9 Å². The van der Waals surface area contributed by atoms with Gasteiger partial charge in [0.2, 0.25) is 6.41 Å². The second-order valence-corrected chi connectivity index (χ2v) is 6.37. The zero-order chi connectivity index (χ0) is 19.2. The first kappa shape index (κ1) is 17.5. The summed E-state index contributed by atoms with van der Waals surface area (Å²) in [6.45, 7) is 0.740. The van der Waals surface area contributed by atoms with E-state index < -0.39 is 0 Å². The molecule has 0 spiro atoms. The number of hydrazine groups is 1. The summed E-state index contributed by atoms with van der Waals surface area (Å²) in [5, 5.41) is 1.18. The molecule has 0 saturated carbocycles. The van der Waals surface area contributed by atoms with Gasteiger partial charge >= 0.3 is 0 Å². The fourth-order valence-corrected chi connectivity index (χ4v) is 3.15. The molecule has 28 heavy (non-hydrogen) atoms. The first-order valence-corrected chi connectivity index (χ1v) is 9.06. The number of fused-ring (bicyclic) bond motifs is 1. The van der Waals surface area contributed by atoms with Gasteiger partial charge in [-0.15, -0.1) is 0 Å². The number of amides is 1. The number of nitrogens with zero attached hydrogens (tertiary/aromatic N) is 2. The van der Waals surface area contributed by atoms with Crippen LogP contribution in [0.25, 0.3) is 10.9 Å². The largest absolute Gasteiger partial charge is 0.321 e. The molecular weight excluding hydrogens is 348 g/mol. The molecule has 0 unspecified atom stereocenters. The quantitative estimate of drug-likeness (QED) is 0.399. The third kappa shape index (κ3) is 3.94. The summed E-state index contributed by atoms with van der Waals surface area (Å²) in [5.41, 5.74) is 10.1. The number of pyridine rings is 1. The van der Waals surface area contributed by atoms with Crippen molar-refractivity contribution in [2.75, 3.05) is 5.43 Å². The molecule has 1 amide bonds. The third-order valence-corrected chi connectivity index (χ3v) is 4.49. The summed E-state index contributed by atoms with van der Waals surface area (Å²) in [6.07, 6.45) is 0.597. The van der Waals surface area contributed by atoms with Crippen LogP contribution < -0.4 is 16.3 Å². The minimum atomic E-state index is 0.597. The summed E-state index contributed by atoms with van der Waals surface area (Å²) in [4.78, 5) is 15.2. The zero-order valence-corrected chi connectivity index (χ0v) is 15.2. The number of anilines is 1. The van der Waals surface area contributed by atoms with Crippen molar-refractivity contribution in [2.45, 2.75) is 6.54 Å². The number of carbonyl (C=O) groups excluding carboxylic acids is 1. The van der Waals surface area contributed by atoms with E-state index in [2.05, 4.69) is 57.9 Å². The van der Waals surface area contributed by atoms with Crippen molar-refractivity contribution in [1.82, 2.24) is 9.99 Å². The minimum Gasteiger partial charge on any atom is -0.321 e. The van der Waals surface area contributed by atoms with E-state index in [1.807, 2.05) is 48.5 Å². The Morgan fingerprint density at radius 2 is 1.57 bits per heavy atom. The van der Waals surface area contributed by atoms with E-state index in [-0.39, 0.29) is 0 Å². The van der Waals surface area contributed by atoms with Crippen LogP contribution in [0, 0.1) is 0 Å². The van der Waals surface area contributed by atoms with Gasteiger partial charge in [0.05, 0.1) is 11.4 Å². The van der Waals surface area contributed by atoms with Gasteiger partial charge in [0.1, 0.15) is 5.49 Å². The molecular formula is C23H20N4O. The number of benzene rings is 3. The maximum Gasteiger partial charge on any atom is 0.225 e. The molecule has 5 heteroatoms. The predicted molar refractivity (Wildman–Crippen MR) is 112 cm³/mol. The number of nitrogens with one attached hydrogen (secondary N) is 2.